The highest BCUT2D eigenvalue weighted by atomic mass is 35.5. The Bertz CT molecular complexity index is 660. The summed E-state index contributed by atoms with van der Waals surface area (Å²) in [4.78, 5) is 21.3. The summed E-state index contributed by atoms with van der Waals surface area (Å²) in [6.45, 7) is 0.548. The van der Waals surface area contributed by atoms with E-state index >= 15 is 0 Å². The fourth-order valence-electron chi connectivity index (χ4n) is 1.70. The number of anilines is 2. The van der Waals surface area contributed by atoms with Gasteiger partial charge in [-0.05, 0) is 23.8 Å². The Hall–Kier alpha value is -2.34. The van der Waals surface area contributed by atoms with Gasteiger partial charge in [-0.15, -0.1) is 0 Å². The molecule has 21 heavy (non-hydrogen) atoms. The third kappa shape index (κ3) is 3.82. The number of primary amides is 1. The van der Waals surface area contributed by atoms with Crippen LogP contribution in [0.25, 0.3) is 0 Å². The standard InChI is InChI=1S/C14H16ClN5O/c1-20(2)12-5-9(3-4-17-12)7-18-14-11(15)6-10(8-19-14)13(16)21/h3-6,8H,7H2,1-2H3,(H2,16,21)(H,18,19). The summed E-state index contributed by atoms with van der Waals surface area (Å²) in [6.07, 6.45) is 3.14. The molecule has 0 saturated carbocycles. The predicted molar refractivity (Wildman–Crippen MR) is 83.7 cm³/mol. The topological polar surface area (TPSA) is 84.1 Å². The first-order valence-corrected chi connectivity index (χ1v) is 6.66. The van der Waals surface area contributed by atoms with Crippen LogP contribution in [0.15, 0.2) is 30.6 Å². The van der Waals surface area contributed by atoms with Crippen LogP contribution in [0.5, 0.6) is 0 Å². The third-order valence-corrected chi connectivity index (χ3v) is 3.14. The maximum atomic E-state index is 11.0. The van der Waals surface area contributed by atoms with Gasteiger partial charge in [-0.2, -0.15) is 0 Å². The van der Waals surface area contributed by atoms with Crippen molar-refractivity contribution in [2.75, 3.05) is 24.3 Å². The van der Waals surface area contributed by atoms with Gasteiger partial charge in [0.25, 0.3) is 0 Å². The molecule has 0 aliphatic carbocycles. The number of nitrogens with two attached hydrogens (primary N) is 1. The van der Waals surface area contributed by atoms with E-state index in [4.69, 9.17) is 17.3 Å². The van der Waals surface area contributed by atoms with E-state index in [2.05, 4.69) is 15.3 Å². The van der Waals surface area contributed by atoms with Crippen LogP contribution in [-0.4, -0.2) is 30.0 Å². The van der Waals surface area contributed by atoms with E-state index in [1.54, 1.807) is 6.20 Å². The largest absolute Gasteiger partial charge is 0.366 e. The third-order valence-electron chi connectivity index (χ3n) is 2.85. The first-order valence-electron chi connectivity index (χ1n) is 6.29. The van der Waals surface area contributed by atoms with Crippen LogP contribution in [0.2, 0.25) is 5.02 Å². The van der Waals surface area contributed by atoms with Crippen molar-refractivity contribution in [1.29, 1.82) is 0 Å². The minimum absolute atomic E-state index is 0.282. The van der Waals surface area contributed by atoms with Crippen LogP contribution < -0.4 is 16.0 Å². The molecular weight excluding hydrogens is 290 g/mol. The van der Waals surface area contributed by atoms with Gasteiger partial charge in [-0.1, -0.05) is 11.6 Å². The van der Waals surface area contributed by atoms with E-state index in [1.807, 2.05) is 31.1 Å². The first-order chi connectivity index (χ1) is 9.97. The monoisotopic (exact) mass is 305 g/mol. The molecule has 3 N–H and O–H groups in total. The molecule has 0 spiro atoms. The van der Waals surface area contributed by atoms with Crippen LogP contribution in [0.1, 0.15) is 15.9 Å². The number of nitrogens with one attached hydrogen (secondary N) is 1. The molecule has 2 aromatic heterocycles. The highest BCUT2D eigenvalue weighted by Gasteiger charge is 2.07. The van der Waals surface area contributed by atoms with Crippen LogP contribution in [-0.2, 0) is 6.54 Å². The number of amides is 1. The summed E-state index contributed by atoms with van der Waals surface area (Å²) in [5.74, 6) is 0.822. The van der Waals surface area contributed by atoms with Gasteiger partial charge >= 0.3 is 0 Å². The first kappa shape index (κ1) is 15.1. The van der Waals surface area contributed by atoms with Crippen molar-refractivity contribution >= 4 is 29.1 Å². The van der Waals surface area contributed by atoms with Crippen molar-refractivity contribution in [3.8, 4) is 0 Å². The summed E-state index contributed by atoms with van der Waals surface area (Å²) < 4.78 is 0. The highest BCUT2D eigenvalue weighted by Crippen LogP contribution is 2.21. The smallest absolute Gasteiger partial charge is 0.250 e. The minimum Gasteiger partial charge on any atom is -0.366 e. The lowest BCUT2D eigenvalue weighted by Gasteiger charge is -2.13. The van der Waals surface area contributed by atoms with Crippen molar-refractivity contribution in [3.05, 3.63) is 46.7 Å². The Kier molecular flexibility index (Phi) is 4.59. The number of rotatable bonds is 5. The van der Waals surface area contributed by atoms with Crippen molar-refractivity contribution in [2.45, 2.75) is 6.54 Å². The van der Waals surface area contributed by atoms with Crippen LogP contribution in [0.4, 0.5) is 11.6 Å². The van der Waals surface area contributed by atoms with Crippen molar-refractivity contribution in [3.63, 3.8) is 0 Å². The number of nitrogens with zero attached hydrogens (tertiary/aromatic N) is 3. The zero-order valence-corrected chi connectivity index (χ0v) is 12.6. The maximum Gasteiger partial charge on any atom is 0.250 e. The van der Waals surface area contributed by atoms with Crippen LogP contribution in [0, 0.1) is 0 Å². The Labute approximate surface area is 128 Å². The molecule has 0 unspecified atom stereocenters. The lowest BCUT2D eigenvalue weighted by Crippen LogP contribution is -2.12. The number of hydrogen-bond acceptors (Lipinski definition) is 5. The summed E-state index contributed by atoms with van der Waals surface area (Å²) >= 11 is 6.07. The van der Waals surface area contributed by atoms with Crippen molar-refractivity contribution < 1.29 is 4.79 Å². The minimum atomic E-state index is -0.555. The number of aromatic nitrogens is 2. The average Bonchev–Trinajstić information content (AvgIpc) is 2.46. The van der Waals surface area contributed by atoms with Gasteiger partial charge in [-0.25, -0.2) is 9.97 Å². The lowest BCUT2D eigenvalue weighted by molar-refractivity contribution is 0.1000. The second-order valence-corrected chi connectivity index (χ2v) is 5.10. The predicted octanol–water partition coefficient (Wildman–Crippen LogP) is 1.91. The molecular formula is C14H16ClN5O. The molecule has 2 heterocycles. The Morgan fingerprint density at radius 3 is 2.76 bits per heavy atom. The summed E-state index contributed by atoms with van der Waals surface area (Å²) in [5.41, 5.74) is 6.50. The van der Waals surface area contributed by atoms with E-state index in [9.17, 15) is 4.79 Å². The molecule has 0 aliphatic rings. The normalized spacial score (nSPS) is 10.2. The van der Waals surface area contributed by atoms with E-state index in [0.29, 0.717) is 17.4 Å². The fraction of sp³-hybridized carbons (Fsp3) is 0.214. The average molecular weight is 306 g/mol. The molecule has 0 fully saturated rings. The highest BCUT2D eigenvalue weighted by molar-refractivity contribution is 6.33. The Morgan fingerprint density at radius 1 is 1.38 bits per heavy atom. The zero-order valence-electron chi connectivity index (χ0n) is 11.8. The van der Waals surface area contributed by atoms with Gasteiger partial charge in [-0.3, -0.25) is 4.79 Å². The van der Waals surface area contributed by atoms with Gasteiger partial charge in [0.05, 0.1) is 10.6 Å². The Balaban J connectivity index is 2.09. The second kappa shape index (κ2) is 6.41. The Morgan fingerprint density at radius 2 is 2.14 bits per heavy atom. The van der Waals surface area contributed by atoms with Gasteiger partial charge in [0.1, 0.15) is 11.6 Å². The SMILES string of the molecule is CN(C)c1cc(CNc2ncc(C(N)=O)cc2Cl)ccn1. The molecule has 0 aliphatic heterocycles. The summed E-state index contributed by atoms with van der Waals surface area (Å²) in [7, 11) is 3.86. The number of carbonyl (C=O) groups is 1. The quantitative estimate of drug-likeness (QED) is 0.881. The number of pyridine rings is 2. The molecule has 110 valence electrons. The molecule has 0 atom stereocenters. The van der Waals surface area contributed by atoms with Gasteiger partial charge in [0.15, 0.2) is 0 Å². The van der Waals surface area contributed by atoms with Crippen LogP contribution in [0.3, 0.4) is 0 Å². The van der Waals surface area contributed by atoms with Crippen molar-refractivity contribution in [2.24, 2.45) is 5.73 Å². The van der Waals surface area contributed by atoms with Gasteiger partial charge in [0, 0.05) is 33.0 Å². The number of hydrogen-bond donors (Lipinski definition) is 2. The molecule has 0 saturated heterocycles. The zero-order chi connectivity index (χ0) is 15.4. The number of carbonyl (C=O) groups excluding carboxylic acids is 1. The van der Waals surface area contributed by atoms with E-state index < -0.39 is 5.91 Å². The van der Waals surface area contributed by atoms with E-state index in [-0.39, 0.29) is 5.56 Å². The molecule has 1 amide bonds. The summed E-state index contributed by atoms with van der Waals surface area (Å²) in [5, 5.41) is 3.47. The van der Waals surface area contributed by atoms with E-state index in [0.717, 1.165) is 11.4 Å². The molecule has 0 bridgehead atoms. The second-order valence-electron chi connectivity index (χ2n) is 4.69. The molecule has 0 radical (unpaired) electrons. The molecule has 2 rings (SSSR count). The molecule has 7 heteroatoms. The fourth-order valence-corrected chi connectivity index (χ4v) is 1.94. The van der Waals surface area contributed by atoms with Crippen molar-refractivity contribution in [1.82, 2.24) is 9.97 Å². The molecule has 2 aromatic rings. The lowest BCUT2D eigenvalue weighted by atomic mass is 10.2. The van der Waals surface area contributed by atoms with Gasteiger partial charge in [0.2, 0.25) is 5.91 Å². The van der Waals surface area contributed by atoms with Crippen LogP contribution >= 0.6 is 11.6 Å². The molecule has 0 aromatic carbocycles. The van der Waals surface area contributed by atoms with E-state index in [1.165, 1.54) is 12.3 Å². The maximum absolute atomic E-state index is 11.0. The number of halogens is 1. The molecule has 6 nitrogen and oxygen atoms in total. The summed E-state index contributed by atoms with van der Waals surface area (Å²) in [6, 6.07) is 5.38. The van der Waals surface area contributed by atoms with Gasteiger partial charge < -0.3 is 16.0 Å².